The molecule has 2 aliphatic rings. The van der Waals surface area contributed by atoms with Gasteiger partial charge >= 0.3 is 5.97 Å². The summed E-state index contributed by atoms with van der Waals surface area (Å²) in [5, 5.41) is 0.275. The lowest BCUT2D eigenvalue weighted by Crippen LogP contribution is -2.43. The maximum absolute atomic E-state index is 11.6. The Labute approximate surface area is 142 Å². The summed E-state index contributed by atoms with van der Waals surface area (Å²) >= 11 is 0. The number of fused-ring (bicyclic) bond motifs is 2. The van der Waals surface area contributed by atoms with Crippen LogP contribution in [0.1, 0.15) is 59.8 Å². The van der Waals surface area contributed by atoms with Crippen molar-refractivity contribution in [1.82, 2.24) is 0 Å². The van der Waals surface area contributed by atoms with Crippen molar-refractivity contribution in [2.75, 3.05) is 0 Å². The van der Waals surface area contributed by atoms with Crippen molar-refractivity contribution in [2.24, 2.45) is 11.8 Å². The molecule has 0 spiro atoms. The van der Waals surface area contributed by atoms with Gasteiger partial charge in [-0.05, 0) is 63.1 Å². The summed E-state index contributed by atoms with van der Waals surface area (Å²) in [7, 11) is -1.64. The van der Waals surface area contributed by atoms with E-state index in [0.29, 0.717) is 12.0 Å². The molecule has 1 saturated heterocycles. The maximum atomic E-state index is 11.6. The van der Waals surface area contributed by atoms with Gasteiger partial charge in [0.25, 0.3) is 0 Å². The third-order valence-electron chi connectivity index (χ3n) is 5.82. The molecule has 3 unspecified atom stereocenters. The Kier molecular flexibility index (Phi) is 5.78. The number of ether oxygens (including phenoxy) is 1. The quantitative estimate of drug-likeness (QED) is 0.281. The standard InChI is InChI=1S/C19H34O3Si/c1-14(22-23(5,6)19(2,3)4)10-8-7-9-11-15-12-16-13-17(15)18(20)21-16/h9,11,14-17H,7-8,10,12-13H2,1-6H3/b11-9+/t14-,15?,16?,17?/m0/s1. The van der Waals surface area contributed by atoms with E-state index in [-0.39, 0.29) is 23.0 Å². The summed E-state index contributed by atoms with van der Waals surface area (Å²) in [6.45, 7) is 13.7. The van der Waals surface area contributed by atoms with Crippen molar-refractivity contribution in [2.45, 2.75) is 90.1 Å². The average Bonchev–Trinajstić information content (AvgIpc) is 2.95. The van der Waals surface area contributed by atoms with Gasteiger partial charge in [0.1, 0.15) is 6.10 Å². The van der Waals surface area contributed by atoms with E-state index in [2.05, 4.69) is 52.9 Å². The van der Waals surface area contributed by atoms with Gasteiger partial charge in [0, 0.05) is 6.10 Å². The second kappa shape index (κ2) is 7.10. The molecule has 2 fully saturated rings. The first-order valence-electron chi connectivity index (χ1n) is 9.15. The molecule has 2 bridgehead atoms. The van der Waals surface area contributed by atoms with Crippen LogP contribution in [0.25, 0.3) is 0 Å². The van der Waals surface area contributed by atoms with Crippen LogP contribution in [0.4, 0.5) is 0 Å². The molecule has 0 radical (unpaired) electrons. The zero-order valence-electron chi connectivity index (χ0n) is 15.7. The predicted molar refractivity (Wildman–Crippen MR) is 96.8 cm³/mol. The van der Waals surface area contributed by atoms with Crippen LogP contribution < -0.4 is 0 Å². The fraction of sp³-hybridized carbons (Fsp3) is 0.842. The zero-order valence-corrected chi connectivity index (χ0v) is 16.7. The minimum atomic E-state index is -1.64. The van der Waals surface area contributed by atoms with Crippen LogP contribution in [-0.4, -0.2) is 26.5 Å². The fourth-order valence-corrected chi connectivity index (χ4v) is 4.86. The molecule has 0 N–H and O–H groups in total. The normalized spacial score (nSPS) is 29.3. The minimum Gasteiger partial charge on any atom is -0.462 e. The van der Waals surface area contributed by atoms with Gasteiger partial charge in [-0.15, -0.1) is 0 Å². The molecule has 0 aromatic heterocycles. The molecule has 4 atom stereocenters. The molecule has 0 aromatic rings. The van der Waals surface area contributed by atoms with Crippen molar-refractivity contribution in [3.63, 3.8) is 0 Å². The van der Waals surface area contributed by atoms with E-state index in [9.17, 15) is 4.79 Å². The largest absolute Gasteiger partial charge is 0.462 e. The number of carbonyl (C=O) groups excluding carboxylic acids is 1. The number of rotatable bonds is 7. The van der Waals surface area contributed by atoms with Gasteiger partial charge in [-0.3, -0.25) is 4.79 Å². The molecule has 1 saturated carbocycles. The Balaban J connectivity index is 1.66. The van der Waals surface area contributed by atoms with Crippen molar-refractivity contribution in [3.8, 4) is 0 Å². The molecule has 1 aliphatic carbocycles. The van der Waals surface area contributed by atoms with E-state index in [1.807, 2.05) is 0 Å². The Morgan fingerprint density at radius 2 is 2.04 bits per heavy atom. The van der Waals surface area contributed by atoms with E-state index < -0.39 is 8.32 Å². The monoisotopic (exact) mass is 338 g/mol. The lowest BCUT2D eigenvalue weighted by Gasteiger charge is -2.38. The van der Waals surface area contributed by atoms with E-state index in [1.54, 1.807) is 0 Å². The Bertz CT molecular complexity index is 450. The van der Waals surface area contributed by atoms with Crippen LogP contribution in [0.3, 0.4) is 0 Å². The van der Waals surface area contributed by atoms with Gasteiger partial charge in [0.05, 0.1) is 5.92 Å². The number of hydrogen-bond acceptors (Lipinski definition) is 3. The lowest BCUT2D eigenvalue weighted by atomic mass is 9.95. The zero-order chi connectivity index (χ0) is 17.3. The summed E-state index contributed by atoms with van der Waals surface area (Å²) in [6, 6.07) is 0. The molecular formula is C19H34O3Si. The first kappa shape index (κ1) is 18.7. The van der Waals surface area contributed by atoms with Crippen molar-refractivity contribution < 1.29 is 14.0 Å². The number of carbonyl (C=O) groups is 1. The molecule has 23 heavy (non-hydrogen) atoms. The second-order valence-electron chi connectivity index (χ2n) is 8.85. The molecule has 3 nitrogen and oxygen atoms in total. The SMILES string of the molecule is C[C@@H](CCC/C=C/C1CC2CC1C(=O)O2)O[Si](C)(C)C(C)(C)C. The highest BCUT2D eigenvalue weighted by Crippen LogP contribution is 2.42. The van der Waals surface area contributed by atoms with E-state index >= 15 is 0 Å². The molecule has 1 heterocycles. The molecule has 132 valence electrons. The van der Waals surface area contributed by atoms with Gasteiger partial charge in [-0.25, -0.2) is 0 Å². The topological polar surface area (TPSA) is 35.5 Å². The van der Waals surface area contributed by atoms with Gasteiger partial charge in [0.2, 0.25) is 0 Å². The molecular weight excluding hydrogens is 304 g/mol. The van der Waals surface area contributed by atoms with Gasteiger partial charge in [0.15, 0.2) is 8.32 Å². The van der Waals surface area contributed by atoms with Gasteiger partial charge in [-0.1, -0.05) is 32.9 Å². The van der Waals surface area contributed by atoms with Crippen LogP contribution in [0, 0.1) is 11.8 Å². The van der Waals surface area contributed by atoms with Crippen LogP contribution in [0.15, 0.2) is 12.2 Å². The molecule has 2 rings (SSSR count). The van der Waals surface area contributed by atoms with Crippen molar-refractivity contribution in [3.05, 3.63) is 12.2 Å². The average molecular weight is 339 g/mol. The number of allylic oxidation sites excluding steroid dienone is 2. The summed E-state index contributed by atoms with van der Waals surface area (Å²) in [4.78, 5) is 11.6. The Morgan fingerprint density at radius 1 is 1.35 bits per heavy atom. The van der Waals surface area contributed by atoms with Crippen molar-refractivity contribution >= 4 is 14.3 Å². The number of unbranched alkanes of at least 4 members (excludes halogenated alkanes) is 1. The van der Waals surface area contributed by atoms with Crippen molar-refractivity contribution in [1.29, 1.82) is 0 Å². The highest BCUT2D eigenvalue weighted by Gasteiger charge is 2.46. The van der Waals surface area contributed by atoms with Gasteiger partial charge in [-0.2, -0.15) is 0 Å². The second-order valence-corrected chi connectivity index (χ2v) is 13.6. The van der Waals surface area contributed by atoms with Crippen LogP contribution in [0.5, 0.6) is 0 Å². The third kappa shape index (κ3) is 4.69. The summed E-state index contributed by atoms with van der Waals surface area (Å²) < 4.78 is 11.6. The Hall–Kier alpha value is -0.613. The molecule has 0 amide bonds. The molecule has 0 aromatic carbocycles. The van der Waals surface area contributed by atoms with Crippen LogP contribution in [0.2, 0.25) is 18.1 Å². The summed E-state index contributed by atoms with van der Waals surface area (Å²) in [5.74, 6) is 0.575. The minimum absolute atomic E-state index is 0.0206. The summed E-state index contributed by atoms with van der Waals surface area (Å²) in [6.07, 6.45) is 10.3. The number of hydrogen-bond donors (Lipinski definition) is 0. The first-order chi connectivity index (χ1) is 10.6. The third-order valence-corrected chi connectivity index (χ3v) is 10.4. The van der Waals surface area contributed by atoms with Gasteiger partial charge < -0.3 is 9.16 Å². The van der Waals surface area contributed by atoms with E-state index in [0.717, 1.165) is 32.1 Å². The molecule has 1 aliphatic heterocycles. The summed E-state index contributed by atoms with van der Waals surface area (Å²) in [5.41, 5.74) is 0. The van der Waals surface area contributed by atoms with E-state index in [4.69, 9.17) is 9.16 Å². The first-order valence-corrected chi connectivity index (χ1v) is 12.1. The Morgan fingerprint density at radius 3 is 2.61 bits per heavy atom. The highest BCUT2D eigenvalue weighted by atomic mass is 28.4. The maximum Gasteiger partial charge on any atom is 0.309 e. The highest BCUT2D eigenvalue weighted by molar-refractivity contribution is 6.74. The lowest BCUT2D eigenvalue weighted by molar-refractivity contribution is -0.149. The fourth-order valence-electron chi connectivity index (χ4n) is 3.39. The van der Waals surface area contributed by atoms with Crippen LogP contribution in [-0.2, 0) is 14.0 Å². The molecule has 4 heteroatoms. The van der Waals surface area contributed by atoms with Crippen LogP contribution >= 0.6 is 0 Å². The van der Waals surface area contributed by atoms with E-state index in [1.165, 1.54) is 0 Å². The number of esters is 1. The smallest absolute Gasteiger partial charge is 0.309 e. The predicted octanol–water partition coefficient (Wildman–Crippen LogP) is 5.07.